The third kappa shape index (κ3) is 6.23. The van der Waals surface area contributed by atoms with Crippen molar-refractivity contribution >= 4 is 30.5 Å². The van der Waals surface area contributed by atoms with Gasteiger partial charge in [0.15, 0.2) is 11.5 Å². The molecule has 0 aliphatic rings. The Morgan fingerprint density at radius 1 is 1.39 bits per heavy atom. The van der Waals surface area contributed by atoms with Gasteiger partial charge in [-0.1, -0.05) is 13.3 Å². The maximum absolute atomic E-state index is 12.3. The lowest BCUT2D eigenvalue weighted by Gasteiger charge is -2.20. The minimum atomic E-state index is -3.88. The number of aromatic nitrogens is 4. The van der Waals surface area contributed by atoms with Crippen LogP contribution in [0, 0.1) is 0 Å². The molecule has 0 aliphatic heterocycles. The Bertz CT molecular complexity index is 844. The van der Waals surface area contributed by atoms with E-state index in [2.05, 4.69) is 20.0 Å². The molecule has 0 fully saturated rings. The van der Waals surface area contributed by atoms with Gasteiger partial charge in [0.2, 0.25) is 0 Å². The van der Waals surface area contributed by atoms with Crippen molar-refractivity contribution < 1.29 is 23.7 Å². The fraction of sp³-hybridized carbons (Fsp3) is 0.625. The summed E-state index contributed by atoms with van der Waals surface area (Å²) in [7, 11) is -3.88. The Morgan fingerprint density at radius 2 is 2.14 bits per heavy atom. The van der Waals surface area contributed by atoms with Crippen LogP contribution in [0.25, 0.3) is 11.2 Å². The molecule has 2 aromatic rings. The van der Waals surface area contributed by atoms with E-state index < -0.39 is 32.0 Å². The molecule has 0 aliphatic carbocycles. The first kappa shape index (κ1) is 22.2. The predicted octanol–water partition coefficient (Wildman–Crippen LogP) is 1.28. The van der Waals surface area contributed by atoms with Crippen LogP contribution in [0.4, 0.5) is 5.82 Å². The van der Waals surface area contributed by atoms with Gasteiger partial charge < -0.3 is 24.7 Å². The van der Waals surface area contributed by atoms with Crippen LogP contribution < -0.4 is 10.8 Å². The lowest BCUT2D eigenvalue weighted by Crippen LogP contribution is -2.34. The van der Waals surface area contributed by atoms with Gasteiger partial charge in [0.1, 0.15) is 24.2 Å². The van der Waals surface area contributed by atoms with E-state index in [1.54, 1.807) is 17.8 Å². The molecule has 0 bridgehead atoms. The van der Waals surface area contributed by atoms with Crippen LogP contribution in [-0.4, -0.2) is 55.5 Å². The molecule has 0 spiro atoms. The van der Waals surface area contributed by atoms with Crippen molar-refractivity contribution in [3.8, 4) is 0 Å². The van der Waals surface area contributed by atoms with Crippen molar-refractivity contribution in [1.29, 1.82) is 0 Å². The molecular weight excluding hydrogens is 387 g/mol. The van der Waals surface area contributed by atoms with Crippen molar-refractivity contribution in [3.05, 3.63) is 12.7 Å². The summed E-state index contributed by atoms with van der Waals surface area (Å²) in [6.07, 6.45) is 3.67. The minimum absolute atomic E-state index is 0.279. The van der Waals surface area contributed by atoms with E-state index in [-0.39, 0.29) is 12.4 Å². The van der Waals surface area contributed by atoms with Crippen LogP contribution in [0.3, 0.4) is 0 Å². The number of anilines is 1. The van der Waals surface area contributed by atoms with Crippen molar-refractivity contribution in [2.45, 2.75) is 52.3 Å². The Labute approximate surface area is 163 Å². The number of nitrogens with two attached hydrogens (primary N) is 1. The predicted molar refractivity (Wildman–Crippen MR) is 103 cm³/mol. The van der Waals surface area contributed by atoms with Crippen LogP contribution in [0.5, 0.6) is 0 Å². The molecule has 28 heavy (non-hydrogen) atoms. The number of fused-ring (bicyclic) bond motifs is 1. The first-order valence-electron chi connectivity index (χ1n) is 9.02. The van der Waals surface area contributed by atoms with Crippen molar-refractivity contribution in [2.24, 2.45) is 0 Å². The summed E-state index contributed by atoms with van der Waals surface area (Å²) in [5.41, 5.74) is 6.79. The smallest absolute Gasteiger partial charge is 0.323 e. The molecular formula is C16H27N6O5P. The Kier molecular flexibility index (Phi) is 7.88. The molecule has 156 valence electrons. The van der Waals surface area contributed by atoms with Gasteiger partial charge in [0.05, 0.1) is 25.6 Å². The lowest BCUT2D eigenvalue weighted by atomic mass is 10.3. The number of carbonyl (C=O) groups excluding carboxylic acids is 1. The van der Waals surface area contributed by atoms with Gasteiger partial charge in [0, 0.05) is 0 Å². The van der Waals surface area contributed by atoms with Gasteiger partial charge in [0.25, 0.3) is 7.52 Å². The number of hydrogen-bond donors (Lipinski definition) is 3. The number of imidazole rings is 1. The van der Waals surface area contributed by atoms with Crippen LogP contribution in [0.2, 0.25) is 0 Å². The van der Waals surface area contributed by atoms with Gasteiger partial charge in [-0.05, 0) is 20.3 Å². The summed E-state index contributed by atoms with van der Waals surface area (Å²) in [4.78, 5) is 34.0. The van der Waals surface area contributed by atoms with Crippen LogP contribution in [0.1, 0.15) is 33.6 Å². The fourth-order valence-corrected chi connectivity index (χ4v) is 3.67. The molecule has 3 unspecified atom stereocenters. The highest BCUT2D eigenvalue weighted by Gasteiger charge is 2.26. The molecule has 2 heterocycles. The van der Waals surface area contributed by atoms with E-state index in [4.69, 9.17) is 15.2 Å². The van der Waals surface area contributed by atoms with Gasteiger partial charge >= 0.3 is 5.97 Å². The topological polar surface area (TPSA) is 154 Å². The molecule has 0 saturated carbocycles. The normalized spacial score (nSPS) is 15.9. The number of nitrogens with zero attached hydrogens (tertiary/aromatic N) is 4. The summed E-state index contributed by atoms with van der Waals surface area (Å²) >= 11 is 0. The maximum atomic E-state index is 12.3. The maximum Gasteiger partial charge on any atom is 0.323 e. The van der Waals surface area contributed by atoms with Crippen LogP contribution in [-0.2, 0) is 25.4 Å². The van der Waals surface area contributed by atoms with Crippen LogP contribution in [0.15, 0.2) is 12.7 Å². The third-order valence-corrected chi connectivity index (χ3v) is 5.20. The second-order valence-corrected chi connectivity index (χ2v) is 8.43. The fourth-order valence-electron chi connectivity index (χ4n) is 2.43. The van der Waals surface area contributed by atoms with Gasteiger partial charge in [-0.25, -0.2) is 20.0 Å². The molecule has 4 N–H and O–H groups in total. The summed E-state index contributed by atoms with van der Waals surface area (Å²) in [6, 6.07) is -0.913. The largest absolute Gasteiger partial charge is 0.465 e. The second kappa shape index (κ2) is 9.92. The van der Waals surface area contributed by atoms with Crippen molar-refractivity contribution in [3.63, 3.8) is 0 Å². The average Bonchev–Trinajstić information content (AvgIpc) is 3.04. The third-order valence-electron chi connectivity index (χ3n) is 3.91. The Hall–Kier alpha value is -2.07. The number of ether oxygens (including phenoxy) is 2. The number of esters is 1. The average molecular weight is 414 g/mol. The SMILES string of the molecule is CCCCOC(=O)C(C)NP(=O)(O)COC(C)Cn1cnc2c(N)ncnc21. The monoisotopic (exact) mass is 414 g/mol. The Morgan fingerprint density at radius 3 is 2.86 bits per heavy atom. The van der Waals surface area contributed by atoms with Gasteiger partial charge in [-0.3, -0.25) is 9.36 Å². The summed E-state index contributed by atoms with van der Waals surface area (Å²) < 4.78 is 24.5. The lowest BCUT2D eigenvalue weighted by molar-refractivity contribution is -0.145. The molecule has 2 aromatic heterocycles. The number of unbranched alkanes of at least 4 members (excludes halogenated alkanes) is 1. The molecule has 3 atom stereocenters. The standard InChI is InChI=1S/C16H27N6O5P/c1-4-5-6-26-16(23)12(3)21-28(24,25)10-27-11(2)7-22-9-20-13-14(17)18-8-19-15(13)22/h8-9,11-12H,4-7,10H2,1-3H3,(H2,17,18,19)(H2,21,24,25). The highest BCUT2D eigenvalue weighted by Crippen LogP contribution is 2.36. The zero-order chi connectivity index (χ0) is 20.7. The van der Waals surface area contributed by atoms with Crippen molar-refractivity contribution in [1.82, 2.24) is 24.6 Å². The number of carbonyl (C=O) groups is 1. The number of hydrogen-bond acceptors (Lipinski definition) is 8. The summed E-state index contributed by atoms with van der Waals surface area (Å²) in [5, 5.41) is 2.39. The minimum Gasteiger partial charge on any atom is -0.465 e. The van der Waals surface area contributed by atoms with Crippen LogP contribution >= 0.6 is 7.52 Å². The van der Waals surface area contributed by atoms with E-state index in [0.717, 1.165) is 12.8 Å². The van der Waals surface area contributed by atoms with E-state index in [9.17, 15) is 14.3 Å². The molecule has 0 saturated heterocycles. The van der Waals surface area contributed by atoms with Gasteiger partial charge in [-0.2, -0.15) is 0 Å². The highest BCUT2D eigenvalue weighted by molar-refractivity contribution is 7.55. The molecule has 0 radical (unpaired) electrons. The Balaban J connectivity index is 1.85. The van der Waals surface area contributed by atoms with E-state index in [1.165, 1.54) is 13.3 Å². The number of rotatable bonds is 11. The molecule has 0 aromatic carbocycles. The van der Waals surface area contributed by atoms with E-state index in [1.807, 2.05) is 6.92 Å². The number of nitrogen functional groups attached to an aromatic ring is 1. The summed E-state index contributed by atoms with van der Waals surface area (Å²) in [5.74, 6) is -0.292. The molecule has 12 heteroatoms. The van der Waals surface area contributed by atoms with E-state index >= 15 is 0 Å². The number of nitrogens with one attached hydrogen (secondary N) is 1. The highest BCUT2D eigenvalue weighted by atomic mass is 31.2. The van der Waals surface area contributed by atoms with Crippen molar-refractivity contribution in [2.75, 3.05) is 18.7 Å². The molecule has 2 rings (SSSR count). The zero-order valence-electron chi connectivity index (χ0n) is 16.2. The summed E-state index contributed by atoms with van der Waals surface area (Å²) in [6.45, 7) is 5.84. The second-order valence-electron chi connectivity index (χ2n) is 6.51. The molecule has 0 amide bonds. The van der Waals surface area contributed by atoms with E-state index in [0.29, 0.717) is 17.7 Å². The first-order chi connectivity index (χ1) is 13.2. The van der Waals surface area contributed by atoms with Gasteiger partial charge in [-0.15, -0.1) is 0 Å². The first-order valence-corrected chi connectivity index (χ1v) is 10.9. The quantitative estimate of drug-likeness (QED) is 0.278. The zero-order valence-corrected chi connectivity index (χ0v) is 17.1. The molecule has 11 nitrogen and oxygen atoms in total.